The van der Waals surface area contributed by atoms with Crippen LogP contribution in [-0.4, -0.2) is 13.2 Å². The molecule has 72 valence electrons. The third-order valence-electron chi connectivity index (χ3n) is 2.97. The first-order chi connectivity index (χ1) is 5.77. The molecule has 0 heterocycles. The zero-order valence-electron chi connectivity index (χ0n) is 8.57. The maximum Gasteiger partial charge on any atom is 0.0519 e. The quantitative estimate of drug-likeness (QED) is 0.590. The molecule has 1 aliphatic carbocycles. The lowest BCUT2D eigenvalue weighted by molar-refractivity contribution is 0.0516. The smallest absolute Gasteiger partial charge is 0.0519 e. The minimum absolute atomic E-state index is 0.493. The molecule has 0 unspecified atom stereocenters. The van der Waals surface area contributed by atoms with Crippen LogP contribution < -0.4 is 0 Å². The van der Waals surface area contributed by atoms with Gasteiger partial charge in [0.25, 0.3) is 0 Å². The summed E-state index contributed by atoms with van der Waals surface area (Å²) in [6, 6.07) is 0. The lowest BCUT2D eigenvalue weighted by Gasteiger charge is -2.27. The highest BCUT2D eigenvalue weighted by atomic mass is 16.5. The largest absolute Gasteiger partial charge is 0.381 e. The van der Waals surface area contributed by atoms with Crippen LogP contribution >= 0.6 is 0 Å². The van der Waals surface area contributed by atoms with Crippen LogP contribution in [0.25, 0.3) is 0 Å². The van der Waals surface area contributed by atoms with Gasteiger partial charge >= 0.3 is 0 Å². The van der Waals surface area contributed by atoms with Gasteiger partial charge in [0.1, 0.15) is 0 Å². The van der Waals surface area contributed by atoms with Gasteiger partial charge in [-0.05, 0) is 25.2 Å². The van der Waals surface area contributed by atoms with Crippen molar-refractivity contribution in [2.75, 3.05) is 13.2 Å². The van der Waals surface area contributed by atoms with Crippen molar-refractivity contribution in [3.63, 3.8) is 0 Å². The molecule has 1 aliphatic rings. The molecule has 1 nitrogen and oxygen atoms in total. The number of rotatable bonds is 3. The Bertz CT molecular complexity index is 112. The molecule has 1 rings (SSSR count). The summed E-state index contributed by atoms with van der Waals surface area (Å²) in [5.41, 5.74) is 0.493. The fourth-order valence-corrected chi connectivity index (χ4v) is 2.07. The lowest BCUT2D eigenvalue weighted by atomic mass is 9.83. The zero-order valence-corrected chi connectivity index (χ0v) is 8.57. The third-order valence-corrected chi connectivity index (χ3v) is 2.97. The van der Waals surface area contributed by atoms with Crippen molar-refractivity contribution >= 4 is 0 Å². The molecule has 0 bridgehead atoms. The molecule has 0 aromatic heterocycles. The van der Waals surface area contributed by atoms with Crippen molar-refractivity contribution in [1.29, 1.82) is 0 Å². The van der Waals surface area contributed by atoms with Crippen molar-refractivity contribution in [3.8, 4) is 0 Å². The molecule has 0 radical (unpaired) electrons. The Balaban J connectivity index is 2.32. The van der Waals surface area contributed by atoms with E-state index in [1.807, 2.05) is 0 Å². The van der Waals surface area contributed by atoms with Crippen LogP contribution in [0.4, 0.5) is 0 Å². The first kappa shape index (κ1) is 10.0. The highest BCUT2D eigenvalue weighted by Gasteiger charge is 2.25. The van der Waals surface area contributed by atoms with Gasteiger partial charge in [0.05, 0.1) is 6.61 Å². The van der Waals surface area contributed by atoms with Crippen LogP contribution in [-0.2, 0) is 4.74 Å². The van der Waals surface area contributed by atoms with Crippen LogP contribution in [0, 0.1) is 5.41 Å². The van der Waals surface area contributed by atoms with Crippen LogP contribution in [0.2, 0.25) is 0 Å². The Kier molecular flexibility index (Phi) is 4.07. The molecule has 0 aromatic carbocycles. The molecule has 1 heteroatoms. The molecule has 0 N–H and O–H groups in total. The molecule has 0 amide bonds. The van der Waals surface area contributed by atoms with Gasteiger partial charge in [0.15, 0.2) is 0 Å². The van der Waals surface area contributed by atoms with E-state index >= 15 is 0 Å². The fourth-order valence-electron chi connectivity index (χ4n) is 2.07. The van der Waals surface area contributed by atoms with Gasteiger partial charge < -0.3 is 4.74 Å². The normalized spacial score (nSPS) is 23.5. The minimum atomic E-state index is 0.493. The third kappa shape index (κ3) is 3.14. The van der Waals surface area contributed by atoms with Gasteiger partial charge in [0.2, 0.25) is 0 Å². The Labute approximate surface area is 76.5 Å². The van der Waals surface area contributed by atoms with Crippen molar-refractivity contribution in [1.82, 2.24) is 0 Å². The summed E-state index contributed by atoms with van der Waals surface area (Å²) < 4.78 is 5.53. The molecule has 0 aromatic rings. The SMILES string of the molecule is CCOCC1(C)CCCCCC1. The number of hydrogen-bond donors (Lipinski definition) is 0. The van der Waals surface area contributed by atoms with E-state index in [4.69, 9.17) is 4.74 Å². The second-order valence-corrected chi connectivity index (χ2v) is 4.36. The predicted octanol–water partition coefficient (Wildman–Crippen LogP) is 3.38. The molecule has 0 spiro atoms. The molecule has 0 saturated heterocycles. The summed E-state index contributed by atoms with van der Waals surface area (Å²) in [6.45, 7) is 6.31. The van der Waals surface area contributed by atoms with Crippen LogP contribution in [0.3, 0.4) is 0 Å². The van der Waals surface area contributed by atoms with E-state index in [0.29, 0.717) is 5.41 Å². The molecular weight excluding hydrogens is 148 g/mol. The molecule has 1 saturated carbocycles. The van der Waals surface area contributed by atoms with E-state index in [-0.39, 0.29) is 0 Å². The fraction of sp³-hybridized carbons (Fsp3) is 1.00. The summed E-state index contributed by atoms with van der Waals surface area (Å²) in [4.78, 5) is 0. The summed E-state index contributed by atoms with van der Waals surface area (Å²) in [7, 11) is 0. The molecular formula is C11H22O. The predicted molar refractivity (Wildman–Crippen MR) is 52.3 cm³/mol. The molecule has 1 fully saturated rings. The average molecular weight is 170 g/mol. The Morgan fingerprint density at radius 3 is 2.17 bits per heavy atom. The van der Waals surface area contributed by atoms with E-state index in [1.165, 1.54) is 38.5 Å². The molecule has 0 atom stereocenters. The maximum absolute atomic E-state index is 5.53. The summed E-state index contributed by atoms with van der Waals surface area (Å²) in [6.07, 6.45) is 8.41. The Hall–Kier alpha value is -0.0400. The van der Waals surface area contributed by atoms with E-state index in [1.54, 1.807) is 0 Å². The summed E-state index contributed by atoms with van der Waals surface area (Å²) in [5, 5.41) is 0. The standard InChI is InChI=1S/C11H22O/c1-3-12-10-11(2)8-6-4-5-7-9-11/h3-10H2,1-2H3. The van der Waals surface area contributed by atoms with Gasteiger partial charge in [-0.15, -0.1) is 0 Å². The van der Waals surface area contributed by atoms with Gasteiger partial charge in [-0.25, -0.2) is 0 Å². The van der Waals surface area contributed by atoms with Gasteiger partial charge in [0, 0.05) is 6.61 Å². The van der Waals surface area contributed by atoms with Crippen molar-refractivity contribution in [2.45, 2.75) is 52.4 Å². The lowest BCUT2D eigenvalue weighted by Crippen LogP contribution is -2.22. The number of hydrogen-bond acceptors (Lipinski definition) is 1. The highest BCUT2D eigenvalue weighted by Crippen LogP contribution is 2.34. The van der Waals surface area contributed by atoms with Gasteiger partial charge in [-0.2, -0.15) is 0 Å². The Morgan fingerprint density at radius 1 is 1.08 bits per heavy atom. The van der Waals surface area contributed by atoms with Crippen molar-refractivity contribution in [2.24, 2.45) is 5.41 Å². The molecule has 12 heavy (non-hydrogen) atoms. The first-order valence-corrected chi connectivity index (χ1v) is 5.35. The van der Waals surface area contributed by atoms with E-state index in [9.17, 15) is 0 Å². The second kappa shape index (κ2) is 4.86. The van der Waals surface area contributed by atoms with Gasteiger partial charge in [-0.3, -0.25) is 0 Å². The zero-order chi connectivity index (χ0) is 8.86. The topological polar surface area (TPSA) is 9.23 Å². The monoisotopic (exact) mass is 170 g/mol. The maximum atomic E-state index is 5.53. The Morgan fingerprint density at radius 2 is 1.67 bits per heavy atom. The van der Waals surface area contributed by atoms with E-state index in [2.05, 4.69) is 13.8 Å². The van der Waals surface area contributed by atoms with Crippen LogP contribution in [0.5, 0.6) is 0 Å². The minimum Gasteiger partial charge on any atom is -0.381 e. The summed E-state index contributed by atoms with van der Waals surface area (Å²) >= 11 is 0. The van der Waals surface area contributed by atoms with Crippen LogP contribution in [0.1, 0.15) is 52.4 Å². The van der Waals surface area contributed by atoms with Crippen molar-refractivity contribution in [3.05, 3.63) is 0 Å². The summed E-state index contributed by atoms with van der Waals surface area (Å²) in [5.74, 6) is 0. The average Bonchev–Trinajstić information content (AvgIpc) is 2.27. The first-order valence-electron chi connectivity index (χ1n) is 5.35. The molecule has 0 aliphatic heterocycles. The van der Waals surface area contributed by atoms with Gasteiger partial charge in [-0.1, -0.05) is 32.6 Å². The van der Waals surface area contributed by atoms with E-state index < -0.39 is 0 Å². The van der Waals surface area contributed by atoms with Crippen LogP contribution in [0.15, 0.2) is 0 Å². The second-order valence-electron chi connectivity index (χ2n) is 4.36. The number of ether oxygens (including phenoxy) is 1. The van der Waals surface area contributed by atoms with E-state index in [0.717, 1.165) is 13.2 Å². The highest BCUT2D eigenvalue weighted by molar-refractivity contribution is 4.76. The van der Waals surface area contributed by atoms with Crippen molar-refractivity contribution < 1.29 is 4.74 Å².